The van der Waals surface area contributed by atoms with Crippen molar-refractivity contribution in [3.63, 3.8) is 0 Å². The lowest BCUT2D eigenvalue weighted by Crippen LogP contribution is -2.30. The van der Waals surface area contributed by atoms with Crippen molar-refractivity contribution in [1.82, 2.24) is 0 Å². The van der Waals surface area contributed by atoms with Crippen LogP contribution in [-0.2, 0) is 65.4 Å². The number of hydrogen-bond acceptors (Lipinski definition) is 15. The summed E-state index contributed by atoms with van der Waals surface area (Å²) in [5.41, 5.74) is 0. The molecule has 0 aromatic heterocycles. The Morgan fingerprint density at radius 1 is 0.314 bits per heavy atom. The zero-order chi connectivity index (χ0) is 77.2. The van der Waals surface area contributed by atoms with E-state index in [-0.39, 0.29) is 25.7 Å². The van der Waals surface area contributed by atoms with Crippen LogP contribution in [0.3, 0.4) is 0 Å². The van der Waals surface area contributed by atoms with Crippen LogP contribution in [0.1, 0.15) is 427 Å². The smallest absolute Gasteiger partial charge is 0.462 e. The normalized spacial score (nSPS) is 14.5. The van der Waals surface area contributed by atoms with Gasteiger partial charge in [-0.2, -0.15) is 0 Å². The fraction of sp³-hybridized carbons (Fsp3) is 0.907. The molecule has 7 atom stereocenters. The first kappa shape index (κ1) is 103. The lowest BCUT2D eigenvalue weighted by atomic mass is 9.99. The summed E-state index contributed by atoms with van der Waals surface area (Å²) in [4.78, 5) is 73.1. The van der Waals surface area contributed by atoms with Gasteiger partial charge in [0.2, 0.25) is 0 Å². The molecular weight excluding hydrogens is 1370 g/mol. The van der Waals surface area contributed by atoms with Crippen molar-refractivity contribution in [3.8, 4) is 0 Å². The Bertz CT molecular complexity index is 2130. The number of rotatable bonds is 82. The molecule has 105 heavy (non-hydrogen) atoms. The van der Waals surface area contributed by atoms with Gasteiger partial charge in [0.15, 0.2) is 12.2 Å². The van der Waals surface area contributed by atoms with Gasteiger partial charge in [-0.3, -0.25) is 37.3 Å². The lowest BCUT2D eigenvalue weighted by Gasteiger charge is -2.21. The van der Waals surface area contributed by atoms with Crippen LogP contribution >= 0.6 is 15.6 Å². The van der Waals surface area contributed by atoms with E-state index >= 15 is 0 Å². The molecule has 17 nitrogen and oxygen atoms in total. The Hall–Kier alpha value is -2.46. The summed E-state index contributed by atoms with van der Waals surface area (Å²) in [5, 5.41) is 10.7. The predicted octanol–water partition coefficient (Wildman–Crippen LogP) is 25.6. The summed E-state index contributed by atoms with van der Waals surface area (Å²) in [6.45, 7) is 12.0. The minimum Gasteiger partial charge on any atom is -0.462 e. The van der Waals surface area contributed by atoms with Gasteiger partial charge < -0.3 is 33.8 Å². The summed E-state index contributed by atoms with van der Waals surface area (Å²) >= 11 is 0. The maximum atomic E-state index is 13.1. The highest BCUT2D eigenvalue weighted by atomic mass is 31.2. The first-order valence-corrected chi connectivity index (χ1v) is 46.7. The van der Waals surface area contributed by atoms with E-state index in [2.05, 4.69) is 72.8 Å². The van der Waals surface area contributed by atoms with Gasteiger partial charge in [-0.25, -0.2) is 9.13 Å². The van der Waals surface area contributed by atoms with E-state index in [1.807, 2.05) is 0 Å². The molecule has 0 saturated heterocycles. The largest absolute Gasteiger partial charge is 0.472 e. The van der Waals surface area contributed by atoms with Gasteiger partial charge in [0.25, 0.3) is 0 Å². The highest BCUT2D eigenvalue weighted by Gasteiger charge is 2.30. The van der Waals surface area contributed by atoms with Crippen LogP contribution in [0.5, 0.6) is 0 Å². The second-order valence-electron chi connectivity index (χ2n) is 31.2. The Balaban J connectivity index is 5.25. The number of phosphoric ester groups is 2. The summed E-state index contributed by atoms with van der Waals surface area (Å²) in [7, 11) is -9.94. The first-order chi connectivity index (χ1) is 50.8. The van der Waals surface area contributed by atoms with Crippen molar-refractivity contribution >= 4 is 39.5 Å². The molecule has 0 aromatic rings. The number of ether oxygens (including phenoxy) is 4. The molecule has 0 aliphatic rings. The fourth-order valence-corrected chi connectivity index (χ4v) is 14.3. The molecule has 0 aliphatic heterocycles. The van der Waals surface area contributed by atoms with Crippen LogP contribution in [-0.4, -0.2) is 96.7 Å². The molecule has 0 amide bonds. The van der Waals surface area contributed by atoms with Crippen LogP contribution in [0.4, 0.5) is 0 Å². The number of carbonyl (C=O) groups is 4. The van der Waals surface area contributed by atoms with E-state index in [9.17, 15) is 43.2 Å². The maximum absolute atomic E-state index is 13.1. The quantitative estimate of drug-likeness (QED) is 0.0169. The molecule has 0 aliphatic carbocycles. The Kier molecular flexibility index (Phi) is 73.8. The number of aliphatic hydroxyl groups is 1. The molecule has 0 aromatic carbocycles. The van der Waals surface area contributed by atoms with Crippen molar-refractivity contribution in [2.24, 2.45) is 17.8 Å². The molecule has 620 valence electrons. The molecule has 19 heteroatoms. The monoisotopic (exact) mass is 1530 g/mol. The zero-order valence-corrected chi connectivity index (χ0v) is 70.5. The van der Waals surface area contributed by atoms with E-state index < -0.39 is 97.5 Å². The molecule has 0 bridgehead atoms. The van der Waals surface area contributed by atoms with E-state index in [0.717, 1.165) is 121 Å². The van der Waals surface area contributed by atoms with Crippen molar-refractivity contribution in [3.05, 3.63) is 24.3 Å². The number of hydrogen-bond donors (Lipinski definition) is 3. The average molecular weight is 1530 g/mol. The van der Waals surface area contributed by atoms with Crippen LogP contribution < -0.4 is 0 Å². The van der Waals surface area contributed by atoms with E-state index in [0.29, 0.717) is 31.6 Å². The van der Waals surface area contributed by atoms with Gasteiger partial charge in [-0.1, -0.05) is 375 Å². The number of carbonyl (C=O) groups excluding carboxylic acids is 4. The number of phosphoric acid groups is 2. The maximum Gasteiger partial charge on any atom is 0.472 e. The topological polar surface area (TPSA) is 237 Å². The standard InChI is InChI=1S/C86H164O17P2/c1-8-11-12-13-14-15-16-17-22-30-35-40-47-55-62-69-86(91)103-82(74-97-84(89)68-61-54-49-42-43-50-57-64-77(4)5)76-101-105(94,95)99-72-80(87)71-98-104(92,93)100-75-81(102-85(90)70-63-56-48-41-36-31-26-25-28-33-38-45-52-59-66-79(7)10-3)73-96-83(88)67-60-53-46-39-34-29-24-21-19-18-20-23-27-32-37-44-51-58-65-78(6)9-2/h15-17,22,77-82,87H,8-14,18-21,23-76H2,1-7H3,(H,92,93)(H,94,95)/b16-15-,22-17-/t78?,79?,80?,81-,82-/m1/s1. The molecule has 0 heterocycles. The van der Waals surface area contributed by atoms with E-state index in [1.54, 1.807) is 0 Å². The number of esters is 4. The third-order valence-electron chi connectivity index (χ3n) is 20.2. The van der Waals surface area contributed by atoms with Gasteiger partial charge >= 0.3 is 39.5 Å². The van der Waals surface area contributed by atoms with Gasteiger partial charge in [-0.15, -0.1) is 0 Å². The van der Waals surface area contributed by atoms with Crippen molar-refractivity contribution in [1.29, 1.82) is 0 Å². The molecule has 0 rings (SSSR count). The molecule has 0 saturated carbocycles. The third kappa shape index (κ3) is 76.7. The van der Waals surface area contributed by atoms with E-state index in [1.165, 1.54) is 218 Å². The highest BCUT2D eigenvalue weighted by molar-refractivity contribution is 7.47. The Labute approximate surface area is 643 Å². The van der Waals surface area contributed by atoms with Gasteiger partial charge in [0.1, 0.15) is 19.3 Å². The van der Waals surface area contributed by atoms with Crippen LogP contribution in [0.25, 0.3) is 0 Å². The first-order valence-electron chi connectivity index (χ1n) is 43.7. The number of aliphatic hydroxyl groups excluding tert-OH is 1. The van der Waals surface area contributed by atoms with Crippen LogP contribution in [0.15, 0.2) is 24.3 Å². The van der Waals surface area contributed by atoms with Crippen molar-refractivity contribution in [2.45, 2.75) is 446 Å². The Morgan fingerprint density at radius 3 is 0.848 bits per heavy atom. The molecular formula is C86H164O17P2. The molecule has 3 N–H and O–H groups in total. The molecule has 0 radical (unpaired) electrons. The number of allylic oxidation sites excluding steroid dienone is 4. The lowest BCUT2D eigenvalue weighted by molar-refractivity contribution is -0.161. The van der Waals surface area contributed by atoms with Gasteiger partial charge in [-0.05, 0) is 69.1 Å². The van der Waals surface area contributed by atoms with Crippen molar-refractivity contribution in [2.75, 3.05) is 39.6 Å². The summed E-state index contributed by atoms with van der Waals surface area (Å²) in [6.07, 6.45) is 68.9. The van der Waals surface area contributed by atoms with Crippen molar-refractivity contribution < 1.29 is 80.2 Å². The third-order valence-corrected chi connectivity index (χ3v) is 22.1. The number of unbranched alkanes of at least 4 members (excludes halogenated alkanes) is 45. The second kappa shape index (κ2) is 75.6. The minimum atomic E-state index is -4.97. The molecule has 0 spiro atoms. The molecule has 5 unspecified atom stereocenters. The zero-order valence-electron chi connectivity index (χ0n) is 68.7. The van der Waals surface area contributed by atoms with Crippen LogP contribution in [0, 0.1) is 17.8 Å². The summed E-state index contributed by atoms with van der Waals surface area (Å²) in [6, 6.07) is 0. The summed E-state index contributed by atoms with van der Waals surface area (Å²) < 4.78 is 68.8. The van der Waals surface area contributed by atoms with Crippen LogP contribution in [0.2, 0.25) is 0 Å². The predicted molar refractivity (Wildman–Crippen MR) is 432 cm³/mol. The minimum absolute atomic E-state index is 0.0843. The molecule has 0 fully saturated rings. The second-order valence-corrected chi connectivity index (χ2v) is 34.1. The summed E-state index contributed by atoms with van der Waals surface area (Å²) in [5.74, 6) is 0.282. The Morgan fingerprint density at radius 2 is 0.562 bits per heavy atom. The SMILES string of the molecule is CCCCCC/C=C\C=C/CCCCCCCC(=O)O[C@H](COC(=O)CCCCCCCCCC(C)C)COP(=O)(O)OCC(O)COP(=O)(O)OC[C@@H](COC(=O)CCCCCCCCCCCCCCCCCCCCC(C)CC)OC(=O)CCCCCCCCCCCCCCCCC(C)CC. The fourth-order valence-electron chi connectivity index (χ4n) is 12.8. The average Bonchev–Trinajstić information content (AvgIpc) is 0.947. The highest BCUT2D eigenvalue weighted by Crippen LogP contribution is 2.45. The van der Waals surface area contributed by atoms with Gasteiger partial charge in [0.05, 0.1) is 26.4 Å². The van der Waals surface area contributed by atoms with E-state index in [4.69, 9.17) is 37.0 Å². The van der Waals surface area contributed by atoms with Gasteiger partial charge in [0, 0.05) is 25.7 Å².